The highest BCUT2D eigenvalue weighted by molar-refractivity contribution is 6.25. The lowest BCUT2D eigenvalue weighted by Crippen LogP contribution is -2.35. The number of hydrogen-bond acceptors (Lipinski definition) is 22. The second-order valence-corrected chi connectivity index (χ2v) is 30.3. The zero-order chi connectivity index (χ0) is 86.6. The van der Waals surface area contributed by atoms with Crippen LogP contribution in [0.25, 0.3) is 0 Å². The van der Waals surface area contributed by atoms with Gasteiger partial charge in [0.05, 0.1) is 53.3 Å². The molecule has 3 aliphatic heterocycles. The number of ether oxygens (including phenoxy) is 8. The first-order valence-corrected chi connectivity index (χ1v) is 38.3. The van der Waals surface area contributed by atoms with E-state index in [1.807, 2.05) is 59.8 Å². The number of aliphatic hydroxyl groups excluding tert-OH is 1. The molecular formula is C88H120N6O21. The highest BCUT2D eigenvalue weighted by Crippen LogP contribution is 2.35. The van der Waals surface area contributed by atoms with Crippen LogP contribution in [0.15, 0.2) is 193 Å². The van der Waals surface area contributed by atoms with Gasteiger partial charge in [-0.3, -0.25) is 43.2 Å². The molecule has 0 fully saturated rings. The zero-order valence-corrected chi connectivity index (χ0v) is 70.3. The van der Waals surface area contributed by atoms with Gasteiger partial charge in [-0.15, -0.1) is 6.58 Å². The van der Waals surface area contributed by atoms with Crippen LogP contribution in [0.2, 0.25) is 0 Å². The monoisotopic (exact) mass is 1600 g/mol. The van der Waals surface area contributed by atoms with E-state index in [2.05, 4.69) is 41.5 Å². The molecule has 0 saturated heterocycles. The maximum Gasteiger partial charge on any atom is 0.405 e. The predicted molar refractivity (Wildman–Crippen MR) is 437 cm³/mol. The van der Waals surface area contributed by atoms with Crippen molar-refractivity contribution in [3.05, 3.63) is 188 Å². The summed E-state index contributed by atoms with van der Waals surface area (Å²) < 4.78 is 44.7. The van der Waals surface area contributed by atoms with Crippen LogP contribution in [0, 0.1) is 47.3 Å². The predicted octanol–water partition coefficient (Wildman–Crippen LogP) is 11.2. The maximum atomic E-state index is 13.3. The number of carbonyl (C=O) groups excluding carboxylic acids is 11. The number of hydrogen-bond donors (Lipinski definition) is 7. The van der Waals surface area contributed by atoms with Crippen molar-refractivity contribution >= 4 is 70.3 Å². The molecule has 0 aromatic rings. The average Bonchev–Trinajstić information content (AvgIpc) is 1.14. The number of amides is 5. The molecule has 0 aromatic heterocycles. The van der Waals surface area contributed by atoms with E-state index in [9.17, 15) is 63.1 Å². The first kappa shape index (κ1) is 97.4. The number of rotatable bonds is 9. The van der Waals surface area contributed by atoms with Gasteiger partial charge in [-0.2, -0.15) is 0 Å². The lowest BCUT2D eigenvalue weighted by Gasteiger charge is -2.30. The van der Waals surface area contributed by atoms with E-state index in [0.717, 1.165) is 17.2 Å². The van der Waals surface area contributed by atoms with Gasteiger partial charge in [0.25, 0.3) is 11.8 Å². The quantitative estimate of drug-likeness (QED) is 0.0488. The van der Waals surface area contributed by atoms with Gasteiger partial charge in [0.1, 0.15) is 12.2 Å². The number of Topliss-reactive ketones (excluding diaryl/α,β-unsaturated/α-hetero) is 3. The Morgan fingerprint density at radius 1 is 0.496 bits per heavy atom. The Morgan fingerprint density at radius 2 is 0.887 bits per heavy atom. The second-order valence-electron chi connectivity index (χ2n) is 30.3. The van der Waals surface area contributed by atoms with Gasteiger partial charge in [0, 0.05) is 129 Å². The number of aliphatic hydroxyl groups is 1. The Bertz CT molecular complexity index is 4180. The van der Waals surface area contributed by atoms with Gasteiger partial charge < -0.3 is 75.6 Å². The summed E-state index contributed by atoms with van der Waals surface area (Å²) in [6.45, 7) is 31.3. The lowest BCUT2D eigenvalue weighted by molar-refractivity contribution is -0.120. The lowest BCUT2D eigenvalue weighted by atomic mass is 9.81. The number of methoxy groups -OCH3 is 6. The van der Waals surface area contributed by atoms with Crippen LogP contribution < -0.4 is 27.4 Å². The minimum absolute atomic E-state index is 0.0168. The highest BCUT2D eigenvalue weighted by atomic mass is 16.6. The normalized spacial score (nSPS) is 33.2. The fraction of sp³-hybridized carbons (Fsp3) is 0.500. The minimum atomic E-state index is -1.01. The van der Waals surface area contributed by atoms with Crippen LogP contribution in [0.1, 0.15) is 142 Å². The van der Waals surface area contributed by atoms with E-state index >= 15 is 0 Å². The molecule has 27 heteroatoms. The van der Waals surface area contributed by atoms with Crippen molar-refractivity contribution < 1.29 is 101 Å². The number of nitrogens with zero attached hydrogens (tertiary/aromatic N) is 1. The number of fused-ring (bicyclic) bond motifs is 6. The molecule has 0 aromatic carbocycles. The van der Waals surface area contributed by atoms with Gasteiger partial charge in [0.2, 0.25) is 23.3 Å². The Kier molecular flexibility index (Phi) is 39.4. The Labute approximate surface area is 676 Å². The number of nitrogens with two attached hydrogens (primary N) is 2. The smallest absolute Gasteiger partial charge is 0.405 e. The third kappa shape index (κ3) is 27.9. The van der Waals surface area contributed by atoms with Crippen molar-refractivity contribution in [1.29, 1.82) is 0 Å². The number of oxime groups is 1. The van der Waals surface area contributed by atoms with Crippen molar-refractivity contribution in [1.82, 2.24) is 16.0 Å². The molecule has 0 unspecified atom stereocenters. The second kappa shape index (κ2) is 46.5. The molecule has 3 aliphatic carbocycles. The number of ketones is 6. The summed E-state index contributed by atoms with van der Waals surface area (Å²) in [4.78, 5) is 139. The number of allylic oxidation sites excluding steroid dienone is 17. The van der Waals surface area contributed by atoms with Crippen LogP contribution >= 0.6 is 0 Å². The SMILES string of the molecule is C=C[C@H]1/C(C)=C/[C@H](C)[C@@H](O)[C@@H](OC)C[C@H](C)CC2=C(C)C(=O)C=C(NC(=O)/C(C)=C/C=C\[C@@H]1OC)C2=O.CO[C@H]1/C=C\C=C(/C)C(=O)NC2=CC(=O)C(C)=C(C[C@@H](C)C[C@H](OC)[C@H](C)[C@@H](C)/C=C(\C)[C@@H]1OC(N)=O)C2=O.CO[C@H]1C[C@H](C)CC2=C(C)C(=O)C=C(NC(=O)/C=C/C=C\[C@H](OC)[C@@H](OC(N)=O)/C(C)=C/[C@H](C)/C1=N\O)C2=O. The fourth-order valence-electron chi connectivity index (χ4n) is 14.4. The van der Waals surface area contributed by atoms with Gasteiger partial charge in [0.15, 0.2) is 29.6 Å². The summed E-state index contributed by atoms with van der Waals surface area (Å²) in [5, 5.41) is 32.2. The third-order valence-electron chi connectivity index (χ3n) is 21.4. The molecule has 0 saturated carbocycles. The Hall–Kier alpha value is -10.00. The third-order valence-corrected chi connectivity index (χ3v) is 21.4. The van der Waals surface area contributed by atoms with Crippen LogP contribution in [0.3, 0.4) is 0 Å². The molecule has 628 valence electrons. The molecule has 17 atom stereocenters. The number of primary amides is 2. The van der Waals surface area contributed by atoms with Crippen LogP contribution in [-0.4, -0.2) is 178 Å². The summed E-state index contributed by atoms with van der Waals surface area (Å²) in [5.74, 6) is -4.66. The summed E-state index contributed by atoms with van der Waals surface area (Å²) in [7, 11) is 9.20. The minimum Gasteiger partial charge on any atom is -0.439 e. The molecule has 6 rings (SSSR count). The molecule has 0 radical (unpaired) electrons. The molecule has 3 heterocycles. The average molecular weight is 1600 g/mol. The summed E-state index contributed by atoms with van der Waals surface area (Å²) in [6, 6.07) is 0. The molecule has 115 heavy (non-hydrogen) atoms. The van der Waals surface area contributed by atoms with Crippen molar-refractivity contribution in [2.24, 2.45) is 64.0 Å². The first-order valence-electron chi connectivity index (χ1n) is 38.3. The molecule has 27 nitrogen and oxygen atoms in total. The van der Waals surface area contributed by atoms with Gasteiger partial charge in [-0.25, -0.2) is 9.59 Å². The number of nitrogens with one attached hydrogen (secondary N) is 3. The van der Waals surface area contributed by atoms with E-state index in [4.69, 9.17) is 49.4 Å². The van der Waals surface area contributed by atoms with Gasteiger partial charge >= 0.3 is 12.2 Å². The van der Waals surface area contributed by atoms with E-state index < -0.39 is 84.3 Å². The largest absolute Gasteiger partial charge is 0.439 e. The van der Waals surface area contributed by atoms with Gasteiger partial charge in [-0.05, 0) is 135 Å². The van der Waals surface area contributed by atoms with Crippen LogP contribution in [-0.2, 0) is 81.0 Å². The molecule has 6 aliphatic rings. The van der Waals surface area contributed by atoms with E-state index in [-0.39, 0.29) is 106 Å². The molecule has 0 spiro atoms. The van der Waals surface area contributed by atoms with Crippen molar-refractivity contribution in [3.8, 4) is 0 Å². The molecule has 5 amide bonds. The van der Waals surface area contributed by atoms with Crippen molar-refractivity contribution in [3.63, 3.8) is 0 Å². The molecule has 9 N–H and O–H groups in total. The van der Waals surface area contributed by atoms with Crippen LogP contribution in [0.4, 0.5) is 9.59 Å². The van der Waals surface area contributed by atoms with E-state index in [1.54, 1.807) is 118 Å². The molecular weight excluding hydrogens is 1480 g/mol. The fourth-order valence-corrected chi connectivity index (χ4v) is 14.4. The van der Waals surface area contributed by atoms with Crippen molar-refractivity contribution in [2.45, 2.75) is 197 Å². The maximum absolute atomic E-state index is 13.3. The highest BCUT2D eigenvalue weighted by Gasteiger charge is 2.37. The zero-order valence-electron chi connectivity index (χ0n) is 70.3. The first-order chi connectivity index (χ1) is 54.2. The Balaban J connectivity index is 0.000000363. The standard InChI is InChI=1S/C30H42N2O7.C30H41NO6.C28H37N3O8/c1-16-12-22-21(6)24(33)15-23(27(22)34)32-29(35)17(2)10-9-11-25(37-7)28(39-30(31)36)19(4)14-18(3)20(5)26(13-16)38-8;1-9-22-19(4)15-20(5)28(33)27(37-8)14-17(2)13-23-21(6)25(32)16-24(29(23)34)31-30(35)18(3)11-10-12-26(22)36-7;1-15-11-19-18(4)21(32)14-20(26(19)34)30-24(33)10-8-7-9-22(37-5)27(39-28(29)35)17(3)13-16(2)25(31-36)23(12-15)38-6/h9-11,14-16,18,20,25-26,28H,12-13H2,1-8H3,(H2,31,36)(H,32,35);9-12,15-17,20,22,26-28,33H,1,13-14H2,2-8H3,(H,31,35);7-10,13-16,22-23,27,36H,11-12H2,1-6H3,(H2,29,35)(H,30,33)/b11-9-,17-10+,19-14+;12-10-,18-11+,19-15+;9-7-,10-8+,17-13+,31-25+/t16-,18+,20-,25+,26+,28+;17-,20+,22+,26+,27+,28-;15-,16+,22+,23+,27+/m111/s1. The summed E-state index contributed by atoms with van der Waals surface area (Å²) in [5.41, 5.74) is 16.0. The topological polar surface area (TPSA) is 403 Å². The summed E-state index contributed by atoms with van der Waals surface area (Å²) in [6.07, 6.45) is 21.7. The van der Waals surface area contributed by atoms with E-state index in [0.29, 0.717) is 88.0 Å². The number of carbonyl (C=O) groups is 11. The van der Waals surface area contributed by atoms with Gasteiger partial charge in [-0.1, -0.05) is 138 Å². The molecule has 6 bridgehead atoms. The van der Waals surface area contributed by atoms with Crippen LogP contribution in [0.5, 0.6) is 0 Å². The van der Waals surface area contributed by atoms with Crippen molar-refractivity contribution in [2.75, 3.05) is 42.7 Å². The Morgan fingerprint density at radius 3 is 1.29 bits per heavy atom. The summed E-state index contributed by atoms with van der Waals surface area (Å²) >= 11 is 0. The van der Waals surface area contributed by atoms with E-state index in [1.165, 1.54) is 51.7 Å².